The van der Waals surface area contributed by atoms with Gasteiger partial charge in [0, 0.05) is 36.0 Å². The molecule has 0 saturated carbocycles. The maximum Gasteiger partial charge on any atom is 0.227 e. The number of nitrogens with two attached hydrogens (primary N) is 1. The first-order chi connectivity index (χ1) is 18.8. The summed E-state index contributed by atoms with van der Waals surface area (Å²) in [6.45, 7) is 6.62. The lowest BCUT2D eigenvalue weighted by atomic mass is 9.81. The fraction of sp³-hybridized carbons (Fsp3) is 0.167. The van der Waals surface area contributed by atoms with Gasteiger partial charge in [-0.1, -0.05) is 81.4 Å². The number of nitrogens with one attached hydrogen (secondary N) is 1. The van der Waals surface area contributed by atoms with Crippen LogP contribution in [0.3, 0.4) is 0 Å². The Labute approximate surface area is 230 Å². The van der Waals surface area contributed by atoms with Gasteiger partial charge >= 0.3 is 0 Å². The van der Waals surface area contributed by atoms with Gasteiger partial charge in [-0.25, -0.2) is 19.9 Å². The minimum absolute atomic E-state index is 0.0180. The van der Waals surface area contributed by atoms with Crippen LogP contribution in [0.4, 0.5) is 17.6 Å². The van der Waals surface area contributed by atoms with Crippen molar-refractivity contribution in [3.05, 3.63) is 120 Å². The van der Waals surface area contributed by atoms with Gasteiger partial charge in [-0.3, -0.25) is 4.98 Å². The number of anilines is 3. The Hall–Kier alpha value is -4.47. The zero-order valence-corrected chi connectivity index (χ0v) is 23.7. The predicted molar refractivity (Wildman–Crippen MR) is 157 cm³/mol. The van der Waals surface area contributed by atoms with E-state index < -0.39 is 15.4 Å². The first kappa shape index (κ1) is 26.1. The molecule has 0 fully saturated rings. The van der Waals surface area contributed by atoms with Crippen molar-refractivity contribution in [1.82, 2.24) is 24.9 Å². The van der Waals surface area contributed by atoms with Gasteiger partial charge in [0.05, 0.1) is 11.4 Å². The van der Waals surface area contributed by atoms with Crippen molar-refractivity contribution in [2.45, 2.75) is 31.4 Å². The van der Waals surface area contributed by atoms with E-state index >= 15 is 0 Å². The van der Waals surface area contributed by atoms with Crippen molar-refractivity contribution in [2.75, 3.05) is 11.1 Å². The SMILES string of the molecule is CC(C)(C)[SiH2]OC(c1ccccc1)(c1ccccc1)c1nc(N)ncc1-c1ccnc(Nc2ccncc2)n1. The average Bonchev–Trinajstić information content (AvgIpc) is 2.95. The van der Waals surface area contributed by atoms with E-state index in [0.29, 0.717) is 22.9 Å². The Balaban J connectivity index is 1.74. The van der Waals surface area contributed by atoms with E-state index in [-0.39, 0.29) is 11.0 Å². The first-order valence-electron chi connectivity index (χ1n) is 12.7. The molecule has 3 aromatic heterocycles. The maximum atomic E-state index is 7.12. The number of pyridine rings is 1. The minimum Gasteiger partial charge on any atom is -0.405 e. The van der Waals surface area contributed by atoms with E-state index in [1.54, 1.807) is 24.8 Å². The Morgan fingerprint density at radius 3 is 2.03 bits per heavy atom. The van der Waals surface area contributed by atoms with Crippen LogP contribution in [-0.4, -0.2) is 34.7 Å². The highest BCUT2D eigenvalue weighted by atomic mass is 28.2. The van der Waals surface area contributed by atoms with Gasteiger partial charge in [-0.15, -0.1) is 0 Å². The third kappa shape index (κ3) is 5.84. The first-order valence-corrected chi connectivity index (χ1v) is 14.0. The van der Waals surface area contributed by atoms with Crippen molar-refractivity contribution in [3.8, 4) is 11.3 Å². The summed E-state index contributed by atoms with van der Waals surface area (Å²) in [6, 6.07) is 25.9. The molecule has 0 bridgehead atoms. The summed E-state index contributed by atoms with van der Waals surface area (Å²) in [5, 5.41) is 3.26. The smallest absolute Gasteiger partial charge is 0.227 e. The lowest BCUT2D eigenvalue weighted by Crippen LogP contribution is -2.38. The van der Waals surface area contributed by atoms with Crippen LogP contribution in [0.2, 0.25) is 5.04 Å². The summed E-state index contributed by atoms with van der Waals surface area (Å²) in [6.07, 6.45) is 6.85. The van der Waals surface area contributed by atoms with Gasteiger partial charge in [0.15, 0.2) is 15.4 Å². The molecule has 3 N–H and O–H groups in total. The number of benzene rings is 2. The number of hydrogen-bond donors (Lipinski definition) is 2. The molecule has 0 aliphatic carbocycles. The van der Waals surface area contributed by atoms with Crippen molar-refractivity contribution in [1.29, 1.82) is 0 Å². The Bertz CT molecular complexity index is 1490. The summed E-state index contributed by atoms with van der Waals surface area (Å²) < 4.78 is 7.12. The van der Waals surface area contributed by atoms with Crippen molar-refractivity contribution in [2.24, 2.45) is 0 Å². The third-order valence-electron chi connectivity index (χ3n) is 6.09. The second-order valence-corrected chi connectivity index (χ2v) is 13.1. The molecule has 0 aliphatic heterocycles. The van der Waals surface area contributed by atoms with Gasteiger partial charge in [-0.05, 0) is 34.4 Å². The maximum absolute atomic E-state index is 7.12. The fourth-order valence-corrected chi connectivity index (χ4v) is 5.45. The molecule has 39 heavy (non-hydrogen) atoms. The largest absolute Gasteiger partial charge is 0.405 e. The molecule has 3 heterocycles. The molecule has 0 saturated heterocycles. The summed E-state index contributed by atoms with van der Waals surface area (Å²) in [5.74, 6) is 0.603. The highest BCUT2D eigenvalue weighted by Gasteiger charge is 2.42. The summed E-state index contributed by atoms with van der Waals surface area (Å²) in [4.78, 5) is 22.6. The highest BCUT2D eigenvalue weighted by Crippen LogP contribution is 2.44. The summed E-state index contributed by atoms with van der Waals surface area (Å²) in [5.41, 5.74) is 9.96. The molecule has 0 radical (unpaired) electrons. The average molecular weight is 534 g/mol. The van der Waals surface area contributed by atoms with Crippen LogP contribution in [0.25, 0.3) is 11.3 Å². The molecule has 5 aromatic rings. The lowest BCUT2D eigenvalue weighted by molar-refractivity contribution is 0.152. The zero-order chi connectivity index (χ0) is 27.3. The van der Waals surface area contributed by atoms with Gasteiger partial charge in [0.2, 0.25) is 11.9 Å². The molecule has 8 nitrogen and oxygen atoms in total. The van der Waals surface area contributed by atoms with E-state index in [0.717, 1.165) is 16.8 Å². The monoisotopic (exact) mass is 533 g/mol. The topological polar surface area (TPSA) is 112 Å². The van der Waals surface area contributed by atoms with Crippen molar-refractivity contribution in [3.63, 3.8) is 0 Å². The normalized spacial score (nSPS) is 12.1. The molecule has 0 unspecified atom stereocenters. The number of hydrogen-bond acceptors (Lipinski definition) is 8. The molecule has 0 atom stereocenters. The Kier molecular flexibility index (Phi) is 7.44. The van der Waals surface area contributed by atoms with E-state index in [1.165, 1.54) is 0 Å². The van der Waals surface area contributed by atoms with Gasteiger partial charge in [-0.2, -0.15) is 0 Å². The van der Waals surface area contributed by atoms with E-state index in [1.807, 2.05) is 54.6 Å². The molecule has 0 amide bonds. The highest BCUT2D eigenvalue weighted by molar-refractivity contribution is 6.32. The number of nitrogens with zero attached hydrogens (tertiary/aromatic N) is 5. The minimum atomic E-state index is -1.09. The molecule has 0 spiro atoms. The zero-order valence-electron chi connectivity index (χ0n) is 22.2. The number of aromatic nitrogens is 5. The second-order valence-electron chi connectivity index (χ2n) is 10.4. The molecule has 9 heteroatoms. The van der Waals surface area contributed by atoms with Crippen LogP contribution in [0.5, 0.6) is 0 Å². The predicted octanol–water partition coefficient (Wildman–Crippen LogP) is 5.27. The second kappa shape index (κ2) is 11.1. The van der Waals surface area contributed by atoms with Crippen molar-refractivity contribution >= 4 is 27.3 Å². The molecule has 196 valence electrons. The lowest BCUT2D eigenvalue weighted by Gasteiger charge is -2.38. The fourth-order valence-electron chi connectivity index (χ4n) is 4.33. The number of nitrogen functional groups attached to an aromatic ring is 1. The van der Waals surface area contributed by atoms with E-state index in [9.17, 15) is 0 Å². The molecule has 5 rings (SSSR count). The van der Waals surface area contributed by atoms with Crippen LogP contribution in [0.15, 0.2) is 104 Å². The Morgan fingerprint density at radius 2 is 1.41 bits per heavy atom. The standard InChI is InChI=1S/C30H31N7OSi/c1-29(2,3)39-38-30(21-10-6-4-7-11-21,22-12-8-5-9-13-22)26-24(20-34-27(31)37-26)25-16-19-33-28(36-25)35-23-14-17-32-18-15-23/h4-20H,39H2,1-3H3,(H2,31,34,37)(H,32,33,35,36). The molecular formula is C30H31N7OSi. The van der Waals surface area contributed by atoms with Gasteiger partial charge in [0.1, 0.15) is 0 Å². The molecule has 0 aliphatic rings. The number of rotatable bonds is 8. The van der Waals surface area contributed by atoms with Crippen LogP contribution in [0.1, 0.15) is 37.6 Å². The van der Waals surface area contributed by atoms with Crippen LogP contribution >= 0.6 is 0 Å². The quantitative estimate of drug-likeness (QED) is 0.260. The summed E-state index contributed by atoms with van der Waals surface area (Å²) in [7, 11) is -1.09. The van der Waals surface area contributed by atoms with Crippen LogP contribution in [-0.2, 0) is 10.0 Å². The van der Waals surface area contributed by atoms with Gasteiger partial charge in [0.25, 0.3) is 0 Å². The van der Waals surface area contributed by atoms with Crippen LogP contribution in [0, 0.1) is 0 Å². The summed E-state index contributed by atoms with van der Waals surface area (Å²) >= 11 is 0. The molecule has 2 aromatic carbocycles. The van der Waals surface area contributed by atoms with Crippen LogP contribution < -0.4 is 11.1 Å². The van der Waals surface area contributed by atoms with Crippen molar-refractivity contribution < 1.29 is 4.43 Å². The molecular weight excluding hydrogens is 502 g/mol. The third-order valence-corrected chi connectivity index (χ3v) is 7.53. The Morgan fingerprint density at radius 1 is 0.769 bits per heavy atom. The van der Waals surface area contributed by atoms with E-state index in [4.69, 9.17) is 20.1 Å². The van der Waals surface area contributed by atoms with Gasteiger partial charge < -0.3 is 15.5 Å². The van der Waals surface area contributed by atoms with E-state index in [2.05, 4.69) is 65.3 Å².